The van der Waals surface area contributed by atoms with Gasteiger partial charge >= 0.3 is 76.8 Å². The molecule has 0 spiro atoms. The molecule has 1 nitrogen and oxygen atoms in total. The maximum absolute atomic E-state index is 5.67. The van der Waals surface area contributed by atoms with E-state index in [2.05, 4.69) is 0 Å². The standard InChI is InChI=1S/C6H3Cl2.C4H8O.BrH.Mg/c7-5-2-1-3-6(8)4-5;1-2-4-5-3-1;;/h2-4H;1-4H2;1H;/q;;;+1/p-1. The van der Waals surface area contributed by atoms with E-state index < -0.39 is 0 Å². The van der Waals surface area contributed by atoms with Gasteiger partial charge in [0.25, 0.3) is 0 Å². The van der Waals surface area contributed by atoms with Gasteiger partial charge in [-0.25, -0.2) is 0 Å². The van der Waals surface area contributed by atoms with Crippen LogP contribution in [0.5, 0.6) is 0 Å². The molecule has 1 saturated heterocycles. The van der Waals surface area contributed by atoms with Gasteiger partial charge in [0.1, 0.15) is 0 Å². The molecule has 0 aliphatic carbocycles. The Morgan fingerprint density at radius 3 is 1.73 bits per heavy atom. The second-order valence-electron chi connectivity index (χ2n) is 3.10. The van der Waals surface area contributed by atoms with Crippen LogP contribution in [0, 0.1) is 0 Å². The first kappa shape index (κ1) is 16.0. The first-order chi connectivity index (χ1) is 6.68. The van der Waals surface area contributed by atoms with Gasteiger partial charge in [0.2, 0.25) is 0 Å². The van der Waals surface area contributed by atoms with Crippen molar-refractivity contribution in [2.45, 2.75) is 12.8 Å². The zero-order valence-corrected chi connectivity index (χ0v) is 12.8. The number of hydrogen-bond donors (Lipinski definition) is 0. The molecule has 0 aromatic heterocycles. The Kier molecular flexibility index (Phi) is 9.69. The molecule has 0 unspecified atom stereocenters. The predicted octanol–water partition coefficient (Wildman–Crippen LogP) is -0.412. The number of ether oxygens (including phenoxy) is 1. The van der Waals surface area contributed by atoms with Crippen LogP contribution >= 0.6 is 23.2 Å². The Labute approximate surface area is 124 Å². The van der Waals surface area contributed by atoms with Gasteiger partial charge < -0.3 is 21.7 Å². The van der Waals surface area contributed by atoms with Crippen molar-refractivity contribution in [1.82, 2.24) is 0 Å². The van der Waals surface area contributed by atoms with Gasteiger partial charge in [0.05, 0.1) is 0 Å². The second-order valence-corrected chi connectivity index (χ2v) is 4.79. The third kappa shape index (κ3) is 7.83. The van der Waals surface area contributed by atoms with Crippen molar-refractivity contribution in [3.8, 4) is 0 Å². The minimum absolute atomic E-state index is 0. The summed E-state index contributed by atoms with van der Waals surface area (Å²) in [5, 5.41) is 1.40. The number of halogens is 3. The molecule has 0 radical (unpaired) electrons. The van der Waals surface area contributed by atoms with Crippen molar-refractivity contribution in [2.24, 2.45) is 0 Å². The van der Waals surface area contributed by atoms with Crippen molar-refractivity contribution < 1.29 is 21.7 Å². The molecule has 5 heteroatoms. The van der Waals surface area contributed by atoms with Gasteiger partial charge in [-0.3, -0.25) is 0 Å². The third-order valence-corrected chi connectivity index (χ3v) is 2.59. The Bertz CT molecular complexity index is 235. The fraction of sp³-hybridized carbons (Fsp3) is 0.400. The maximum atomic E-state index is 5.67. The molecule has 0 bridgehead atoms. The number of rotatable bonds is 0. The summed E-state index contributed by atoms with van der Waals surface area (Å²) < 4.78 is 6.06. The summed E-state index contributed by atoms with van der Waals surface area (Å²) in [6, 6.07) is 5.48. The van der Waals surface area contributed by atoms with E-state index >= 15 is 0 Å². The zero-order valence-electron chi connectivity index (χ0n) is 8.31. The molecule has 0 atom stereocenters. The number of hydrogen-bond acceptors (Lipinski definition) is 1. The molecule has 1 aliphatic rings. The average Bonchev–Trinajstić information content (AvgIpc) is 2.56. The molecule has 0 saturated carbocycles. The number of benzene rings is 1. The Hall–Kier alpha value is 1.01. The summed E-state index contributed by atoms with van der Waals surface area (Å²) in [4.78, 5) is 0. The fourth-order valence-electron chi connectivity index (χ4n) is 1.12. The molecule has 80 valence electrons. The molecule has 0 N–H and O–H groups in total. The molecular weight excluding hydrogens is 311 g/mol. The molecule has 1 fully saturated rings. The average molecular weight is 322 g/mol. The van der Waals surface area contributed by atoms with E-state index in [-0.39, 0.29) is 17.0 Å². The van der Waals surface area contributed by atoms with Crippen molar-refractivity contribution >= 4 is 48.6 Å². The molecule has 1 aromatic carbocycles. The molecule has 1 aliphatic heterocycles. The Balaban J connectivity index is 0.000000280. The quantitative estimate of drug-likeness (QED) is 0.590. The summed E-state index contributed by atoms with van der Waals surface area (Å²) >= 11 is 13.1. The van der Waals surface area contributed by atoms with Gasteiger partial charge in [-0.05, 0) is 12.8 Å². The molecule has 0 amide bonds. The molecule has 1 aromatic rings. The first-order valence-electron chi connectivity index (χ1n) is 4.54. The van der Waals surface area contributed by atoms with Gasteiger partial charge in [0.15, 0.2) is 0 Å². The summed E-state index contributed by atoms with van der Waals surface area (Å²) in [7, 11) is 0. The van der Waals surface area contributed by atoms with Gasteiger partial charge in [0, 0.05) is 13.2 Å². The third-order valence-electron chi connectivity index (χ3n) is 1.75. The van der Waals surface area contributed by atoms with Crippen molar-refractivity contribution in [3.05, 3.63) is 28.2 Å². The fourth-order valence-corrected chi connectivity index (χ4v) is 2.39. The van der Waals surface area contributed by atoms with E-state index in [1.54, 1.807) is 27.8 Å². The first-order valence-corrected chi connectivity index (χ1v) is 6.00. The van der Waals surface area contributed by atoms with Crippen LogP contribution in [0.15, 0.2) is 18.2 Å². The summed E-state index contributed by atoms with van der Waals surface area (Å²) in [5.74, 6) is 0. The van der Waals surface area contributed by atoms with Crippen LogP contribution in [0.1, 0.15) is 12.8 Å². The summed E-state index contributed by atoms with van der Waals surface area (Å²) in [5.41, 5.74) is 0. The van der Waals surface area contributed by atoms with E-state index in [4.69, 9.17) is 27.9 Å². The molecule has 2 rings (SSSR count). The zero-order chi connectivity index (χ0) is 10.4. The van der Waals surface area contributed by atoms with E-state index in [0.717, 1.165) is 16.9 Å². The van der Waals surface area contributed by atoms with Crippen LogP contribution in [0.2, 0.25) is 10.0 Å². The van der Waals surface area contributed by atoms with Crippen LogP contribution < -0.4 is 20.7 Å². The summed E-state index contributed by atoms with van der Waals surface area (Å²) in [6.45, 7) is 2.00. The van der Waals surface area contributed by atoms with E-state index in [1.165, 1.54) is 12.8 Å². The van der Waals surface area contributed by atoms with E-state index in [9.17, 15) is 0 Å². The van der Waals surface area contributed by atoms with Crippen molar-refractivity contribution in [1.29, 1.82) is 0 Å². The van der Waals surface area contributed by atoms with Crippen LogP contribution in [0.4, 0.5) is 0 Å². The van der Waals surface area contributed by atoms with Crippen LogP contribution in [0.3, 0.4) is 0 Å². The van der Waals surface area contributed by atoms with E-state index in [0.29, 0.717) is 10.0 Å². The monoisotopic (exact) mass is 320 g/mol. The van der Waals surface area contributed by atoms with Crippen LogP contribution in [-0.2, 0) is 4.74 Å². The van der Waals surface area contributed by atoms with Crippen molar-refractivity contribution in [2.75, 3.05) is 13.2 Å². The van der Waals surface area contributed by atoms with Gasteiger partial charge in [-0.2, -0.15) is 0 Å². The molecule has 1 heterocycles. The Morgan fingerprint density at radius 1 is 1.00 bits per heavy atom. The SMILES string of the molecule is C1CCOC1.[Br-].[Mg+][c]1cc(Cl)cc(Cl)c1. The van der Waals surface area contributed by atoms with Crippen LogP contribution in [0.25, 0.3) is 0 Å². The topological polar surface area (TPSA) is 9.23 Å². The van der Waals surface area contributed by atoms with Gasteiger partial charge in [-0.1, -0.05) is 0 Å². The Morgan fingerprint density at radius 2 is 1.47 bits per heavy atom. The normalized spacial score (nSPS) is 13.9. The minimum atomic E-state index is 0. The van der Waals surface area contributed by atoms with Gasteiger partial charge in [-0.15, -0.1) is 0 Å². The molecular formula is C10H11BrCl2MgO. The van der Waals surface area contributed by atoms with Crippen molar-refractivity contribution in [3.63, 3.8) is 0 Å². The van der Waals surface area contributed by atoms with E-state index in [1.807, 2.05) is 12.1 Å². The van der Waals surface area contributed by atoms with Crippen LogP contribution in [-0.4, -0.2) is 34.9 Å². The molecule has 15 heavy (non-hydrogen) atoms. The predicted molar refractivity (Wildman–Crippen MR) is 61.9 cm³/mol. The summed E-state index contributed by atoms with van der Waals surface area (Å²) in [6.07, 6.45) is 2.56. The second kappa shape index (κ2) is 9.08.